The lowest BCUT2D eigenvalue weighted by molar-refractivity contribution is -0.132. The molecule has 5 nitrogen and oxygen atoms in total. The van der Waals surface area contributed by atoms with Crippen molar-refractivity contribution in [3.8, 4) is 0 Å². The molecule has 1 aromatic carbocycles. The van der Waals surface area contributed by atoms with E-state index in [-0.39, 0.29) is 11.6 Å². The maximum atomic E-state index is 14.0. The van der Waals surface area contributed by atoms with E-state index >= 15 is 0 Å². The number of hydrogen-bond donors (Lipinski definition) is 2. The summed E-state index contributed by atoms with van der Waals surface area (Å²) in [5, 5.41) is 5.91. The Kier molecular flexibility index (Phi) is 4.07. The molecule has 1 amide bonds. The predicted octanol–water partition coefficient (Wildman–Crippen LogP) is 1.67. The number of halogens is 1. The number of hydrogen-bond acceptors (Lipinski definition) is 4. The first kappa shape index (κ1) is 14.3. The van der Waals surface area contributed by atoms with E-state index in [1.807, 2.05) is 11.9 Å². The van der Waals surface area contributed by atoms with Crippen LogP contribution in [0.15, 0.2) is 18.2 Å². The second-order valence-electron chi connectivity index (χ2n) is 5.69. The Balaban J connectivity index is 1.72. The zero-order chi connectivity index (χ0) is 14.8. The number of anilines is 2. The first-order valence-corrected chi connectivity index (χ1v) is 7.29. The third kappa shape index (κ3) is 3.51. The number of likely N-dealkylation sites (N-methyl/N-ethyl adjacent to an activating group) is 1. The van der Waals surface area contributed by atoms with E-state index in [9.17, 15) is 9.18 Å². The number of rotatable bonds is 4. The van der Waals surface area contributed by atoms with E-state index in [0.29, 0.717) is 24.9 Å². The Hall–Kier alpha value is -1.66. The van der Waals surface area contributed by atoms with Crippen molar-refractivity contribution in [2.24, 2.45) is 0 Å². The molecular weight excluding hydrogens is 273 g/mol. The number of para-hydroxylation sites is 1. The van der Waals surface area contributed by atoms with E-state index < -0.39 is 11.9 Å². The van der Waals surface area contributed by atoms with Crippen LogP contribution in [0.4, 0.5) is 15.8 Å². The summed E-state index contributed by atoms with van der Waals surface area (Å²) in [7, 11) is 1.94. The Labute approximate surface area is 123 Å². The molecule has 1 atom stereocenters. The summed E-state index contributed by atoms with van der Waals surface area (Å²) in [6, 6.07) is 5.16. The minimum absolute atomic E-state index is 0.214. The molecule has 3 rings (SSSR count). The first-order valence-electron chi connectivity index (χ1n) is 7.29. The third-order valence-corrected chi connectivity index (χ3v) is 3.76. The fourth-order valence-electron chi connectivity index (χ4n) is 2.36. The Morgan fingerprint density at radius 3 is 2.95 bits per heavy atom. The van der Waals surface area contributed by atoms with E-state index in [4.69, 9.17) is 4.74 Å². The number of ether oxygens (including phenoxy) is 1. The van der Waals surface area contributed by atoms with E-state index in [1.165, 1.54) is 6.07 Å². The fourth-order valence-corrected chi connectivity index (χ4v) is 2.36. The summed E-state index contributed by atoms with van der Waals surface area (Å²) < 4.78 is 19.5. The van der Waals surface area contributed by atoms with Gasteiger partial charge in [-0.2, -0.15) is 0 Å². The number of nitrogens with zero attached hydrogens (tertiary/aromatic N) is 1. The molecule has 2 N–H and O–H groups in total. The van der Waals surface area contributed by atoms with Crippen LogP contribution in [-0.2, 0) is 9.53 Å². The maximum absolute atomic E-state index is 14.0. The lowest BCUT2D eigenvalue weighted by atomic mass is 10.2. The average molecular weight is 293 g/mol. The van der Waals surface area contributed by atoms with Crippen molar-refractivity contribution in [1.82, 2.24) is 4.90 Å². The van der Waals surface area contributed by atoms with Gasteiger partial charge in [-0.05, 0) is 32.0 Å². The average Bonchev–Trinajstić information content (AvgIpc) is 3.26. The van der Waals surface area contributed by atoms with Crippen LogP contribution in [0.5, 0.6) is 0 Å². The predicted molar refractivity (Wildman–Crippen MR) is 78.9 cm³/mol. The number of amides is 1. The Morgan fingerprint density at radius 1 is 1.43 bits per heavy atom. The highest BCUT2D eigenvalue weighted by Crippen LogP contribution is 2.31. The van der Waals surface area contributed by atoms with Crippen LogP contribution < -0.4 is 10.6 Å². The van der Waals surface area contributed by atoms with Gasteiger partial charge in [0.1, 0.15) is 17.6 Å². The summed E-state index contributed by atoms with van der Waals surface area (Å²) in [6.07, 6.45) is 1.61. The van der Waals surface area contributed by atoms with Crippen molar-refractivity contribution >= 4 is 17.3 Å². The van der Waals surface area contributed by atoms with Crippen molar-refractivity contribution in [3.63, 3.8) is 0 Å². The van der Waals surface area contributed by atoms with Gasteiger partial charge in [-0.3, -0.25) is 4.79 Å². The maximum Gasteiger partial charge on any atom is 0.254 e. The monoisotopic (exact) mass is 293 g/mol. The van der Waals surface area contributed by atoms with Crippen LogP contribution in [0.2, 0.25) is 0 Å². The highest BCUT2D eigenvalue weighted by Gasteiger charge is 2.27. The molecule has 21 heavy (non-hydrogen) atoms. The second-order valence-corrected chi connectivity index (χ2v) is 5.69. The number of morpholine rings is 1. The van der Waals surface area contributed by atoms with Crippen LogP contribution >= 0.6 is 0 Å². The highest BCUT2D eigenvalue weighted by atomic mass is 19.1. The molecule has 0 aromatic heterocycles. The van der Waals surface area contributed by atoms with Crippen molar-refractivity contribution in [3.05, 3.63) is 24.0 Å². The summed E-state index contributed by atoms with van der Waals surface area (Å²) >= 11 is 0. The number of carbonyl (C=O) groups is 1. The molecule has 1 unspecified atom stereocenters. The Morgan fingerprint density at radius 2 is 2.24 bits per heavy atom. The lowest BCUT2D eigenvalue weighted by Gasteiger charge is -2.29. The summed E-state index contributed by atoms with van der Waals surface area (Å²) in [5.41, 5.74) is 0.848. The van der Waals surface area contributed by atoms with Gasteiger partial charge in [0.05, 0.1) is 12.3 Å². The standard InChI is InChI=1S/C15H20FN3O2/c1-19-7-8-21-13(9-19)15(20)18-14-11(16)3-2-4-12(14)17-10-5-6-10/h2-4,10,13,17H,5-9H2,1H3,(H,18,20). The topological polar surface area (TPSA) is 53.6 Å². The van der Waals surface area contributed by atoms with Gasteiger partial charge in [0.15, 0.2) is 0 Å². The largest absolute Gasteiger partial charge is 0.381 e. The van der Waals surface area contributed by atoms with Gasteiger partial charge in [-0.1, -0.05) is 6.07 Å². The van der Waals surface area contributed by atoms with Gasteiger partial charge in [-0.15, -0.1) is 0 Å². The van der Waals surface area contributed by atoms with Crippen molar-refractivity contribution < 1.29 is 13.9 Å². The van der Waals surface area contributed by atoms with Gasteiger partial charge >= 0.3 is 0 Å². The van der Waals surface area contributed by atoms with Gasteiger partial charge in [0.2, 0.25) is 0 Å². The lowest BCUT2D eigenvalue weighted by Crippen LogP contribution is -2.46. The van der Waals surface area contributed by atoms with Crippen LogP contribution in [-0.4, -0.2) is 49.7 Å². The minimum atomic E-state index is -0.558. The summed E-state index contributed by atoms with van der Waals surface area (Å²) in [4.78, 5) is 14.3. The quantitative estimate of drug-likeness (QED) is 0.886. The molecule has 1 aromatic rings. The van der Waals surface area contributed by atoms with E-state index in [2.05, 4.69) is 10.6 Å². The van der Waals surface area contributed by atoms with Crippen molar-refractivity contribution in [1.29, 1.82) is 0 Å². The highest BCUT2D eigenvalue weighted by molar-refractivity contribution is 5.97. The van der Waals surface area contributed by atoms with Gasteiger partial charge in [0, 0.05) is 19.1 Å². The number of benzene rings is 1. The third-order valence-electron chi connectivity index (χ3n) is 3.76. The molecule has 2 aliphatic rings. The van der Waals surface area contributed by atoms with Crippen LogP contribution in [0.1, 0.15) is 12.8 Å². The molecule has 2 fully saturated rings. The van der Waals surface area contributed by atoms with Crippen LogP contribution in [0, 0.1) is 5.82 Å². The smallest absolute Gasteiger partial charge is 0.254 e. The first-order chi connectivity index (χ1) is 10.1. The SMILES string of the molecule is CN1CCOC(C(=O)Nc2c(F)cccc2NC2CC2)C1. The fraction of sp³-hybridized carbons (Fsp3) is 0.533. The number of nitrogens with one attached hydrogen (secondary N) is 2. The van der Waals surface area contributed by atoms with E-state index in [1.54, 1.807) is 12.1 Å². The zero-order valence-corrected chi connectivity index (χ0v) is 12.1. The van der Waals surface area contributed by atoms with Crippen molar-refractivity contribution in [2.45, 2.75) is 25.0 Å². The van der Waals surface area contributed by atoms with E-state index in [0.717, 1.165) is 19.4 Å². The Bertz CT molecular complexity index is 534. The molecule has 114 valence electrons. The molecule has 1 heterocycles. The van der Waals surface area contributed by atoms with Crippen LogP contribution in [0.25, 0.3) is 0 Å². The van der Waals surface area contributed by atoms with Gasteiger partial charge < -0.3 is 20.3 Å². The molecule has 0 spiro atoms. The molecule has 0 radical (unpaired) electrons. The molecule has 1 saturated heterocycles. The van der Waals surface area contributed by atoms with Gasteiger partial charge in [-0.25, -0.2) is 4.39 Å². The summed E-state index contributed by atoms with van der Waals surface area (Å²) in [6.45, 7) is 1.84. The molecule has 1 aliphatic carbocycles. The molecule has 1 saturated carbocycles. The second kappa shape index (κ2) is 5.99. The number of carbonyl (C=O) groups excluding carboxylic acids is 1. The molecular formula is C15H20FN3O2. The minimum Gasteiger partial charge on any atom is -0.381 e. The molecule has 0 bridgehead atoms. The zero-order valence-electron chi connectivity index (χ0n) is 12.1. The van der Waals surface area contributed by atoms with Gasteiger partial charge in [0.25, 0.3) is 5.91 Å². The summed E-state index contributed by atoms with van der Waals surface area (Å²) in [5.74, 6) is -0.733. The van der Waals surface area contributed by atoms with Crippen LogP contribution in [0.3, 0.4) is 0 Å². The van der Waals surface area contributed by atoms with Crippen molar-refractivity contribution in [2.75, 3.05) is 37.4 Å². The molecule has 6 heteroatoms. The molecule has 1 aliphatic heterocycles. The normalized spacial score (nSPS) is 22.9.